The van der Waals surface area contributed by atoms with Crippen LogP contribution in [0.5, 0.6) is 0 Å². The van der Waals surface area contributed by atoms with E-state index in [0.29, 0.717) is 6.04 Å². The fraction of sp³-hybridized carbons (Fsp3) is 0.375. The number of benzene rings is 2. The number of hydrazine groups is 1. The lowest BCUT2D eigenvalue weighted by Gasteiger charge is -2.17. The summed E-state index contributed by atoms with van der Waals surface area (Å²) in [5, 5.41) is 2.67. The zero-order valence-electron chi connectivity index (χ0n) is 10.8. The minimum absolute atomic E-state index is 0.408. The van der Waals surface area contributed by atoms with Gasteiger partial charge in [-0.2, -0.15) is 0 Å². The van der Waals surface area contributed by atoms with Crippen molar-refractivity contribution in [3.63, 3.8) is 0 Å². The summed E-state index contributed by atoms with van der Waals surface area (Å²) in [7, 11) is 0. The lowest BCUT2D eigenvalue weighted by Crippen LogP contribution is -2.38. The molecule has 0 aliphatic heterocycles. The topological polar surface area (TPSA) is 38.0 Å². The molecule has 0 heterocycles. The Morgan fingerprint density at radius 3 is 2.67 bits per heavy atom. The summed E-state index contributed by atoms with van der Waals surface area (Å²) >= 11 is 0. The molecule has 1 aliphatic rings. The van der Waals surface area contributed by atoms with Crippen molar-refractivity contribution in [2.75, 3.05) is 0 Å². The van der Waals surface area contributed by atoms with Crippen molar-refractivity contribution >= 4 is 10.8 Å². The van der Waals surface area contributed by atoms with E-state index in [9.17, 15) is 0 Å². The minimum Gasteiger partial charge on any atom is -0.271 e. The Morgan fingerprint density at radius 2 is 1.94 bits per heavy atom. The van der Waals surface area contributed by atoms with Crippen molar-refractivity contribution < 1.29 is 0 Å². The van der Waals surface area contributed by atoms with E-state index in [0.717, 1.165) is 18.3 Å². The number of hydrogen-bond donors (Lipinski definition) is 2. The molecule has 2 aromatic rings. The van der Waals surface area contributed by atoms with Crippen molar-refractivity contribution in [1.29, 1.82) is 0 Å². The maximum absolute atomic E-state index is 5.72. The van der Waals surface area contributed by atoms with Crippen LogP contribution in [0.15, 0.2) is 42.5 Å². The Labute approximate surface area is 108 Å². The number of nitrogens with one attached hydrogen (secondary N) is 1. The molecular formula is C16H20N2. The van der Waals surface area contributed by atoms with Gasteiger partial charge in [0.05, 0.1) is 0 Å². The summed E-state index contributed by atoms with van der Waals surface area (Å²) in [6.45, 7) is 2.30. The van der Waals surface area contributed by atoms with E-state index in [1.165, 1.54) is 22.8 Å². The first-order valence-corrected chi connectivity index (χ1v) is 6.72. The first kappa shape index (κ1) is 11.7. The van der Waals surface area contributed by atoms with Gasteiger partial charge in [0.15, 0.2) is 0 Å². The quantitative estimate of drug-likeness (QED) is 0.637. The van der Waals surface area contributed by atoms with Crippen molar-refractivity contribution in [2.45, 2.75) is 25.8 Å². The summed E-state index contributed by atoms with van der Waals surface area (Å²) < 4.78 is 0. The Bertz CT molecular complexity index is 544. The van der Waals surface area contributed by atoms with Crippen LogP contribution in [-0.2, 0) is 6.42 Å². The largest absolute Gasteiger partial charge is 0.271 e. The molecular weight excluding hydrogens is 220 g/mol. The van der Waals surface area contributed by atoms with Gasteiger partial charge in [-0.05, 0) is 41.0 Å². The predicted octanol–water partition coefficient (Wildman–Crippen LogP) is 2.87. The average molecular weight is 240 g/mol. The maximum Gasteiger partial charge on any atom is 0.0281 e. The van der Waals surface area contributed by atoms with Crippen molar-refractivity contribution in [3.8, 4) is 0 Å². The Balaban J connectivity index is 1.89. The third kappa shape index (κ3) is 2.14. The molecule has 2 aromatic carbocycles. The van der Waals surface area contributed by atoms with E-state index >= 15 is 0 Å². The number of nitrogens with two attached hydrogens (primary N) is 1. The maximum atomic E-state index is 5.72. The normalized spacial score (nSPS) is 24.1. The van der Waals surface area contributed by atoms with Crippen LogP contribution in [0.4, 0.5) is 0 Å². The van der Waals surface area contributed by atoms with Crippen molar-refractivity contribution in [3.05, 3.63) is 48.0 Å². The Kier molecular flexibility index (Phi) is 3.06. The minimum atomic E-state index is 0.408. The molecule has 0 bridgehead atoms. The van der Waals surface area contributed by atoms with Gasteiger partial charge in [0.1, 0.15) is 0 Å². The van der Waals surface area contributed by atoms with Crippen molar-refractivity contribution in [1.82, 2.24) is 5.43 Å². The van der Waals surface area contributed by atoms with E-state index in [1.807, 2.05) is 0 Å². The van der Waals surface area contributed by atoms with Crippen LogP contribution in [0.3, 0.4) is 0 Å². The molecule has 1 aliphatic carbocycles. The van der Waals surface area contributed by atoms with Crippen LogP contribution in [0, 0.1) is 11.8 Å². The van der Waals surface area contributed by atoms with Crippen LogP contribution in [0.25, 0.3) is 10.8 Å². The monoisotopic (exact) mass is 240 g/mol. The lowest BCUT2D eigenvalue weighted by atomic mass is 9.96. The first-order valence-electron chi connectivity index (χ1n) is 6.72. The van der Waals surface area contributed by atoms with Gasteiger partial charge in [-0.1, -0.05) is 49.4 Å². The molecule has 2 heteroatoms. The third-order valence-corrected chi connectivity index (χ3v) is 4.22. The standard InChI is InChI=1S/C16H20N2/c1-11-9-15(11)16(18-17)10-13-7-4-6-12-5-2-3-8-14(12)13/h2-8,11,15-16,18H,9-10,17H2,1H3. The molecule has 3 N–H and O–H groups in total. The summed E-state index contributed by atoms with van der Waals surface area (Å²) in [4.78, 5) is 0. The molecule has 3 rings (SSSR count). The molecule has 1 saturated carbocycles. The fourth-order valence-corrected chi connectivity index (χ4v) is 2.95. The van der Waals surface area contributed by atoms with Gasteiger partial charge in [0.25, 0.3) is 0 Å². The highest BCUT2D eigenvalue weighted by Gasteiger charge is 2.38. The number of rotatable bonds is 4. The first-order chi connectivity index (χ1) is 8.79. The van der Waals surface area contributed by atoms with Crippen LogP contribution < -0.4 is 11.3 Å². The molecule has 0 saturated heterocycles. The zero-order chi connectivity index (χ0) is 12.5. The summed E-state index contributed by atoms with van der Waals surface area (Å²) in [6.07, 6.45) is 2.33. The number of hydrogen-bond acceptors (Lipinski definition) is 2. The highest BCUT2D eigenvalue weighted by molar-refractivity contribution is 5.85. The molecule has 18 heavy (non-hydrogen) atoms. The smallest absolute Gasteiger partial charge is 0.0281 e. The van der Waals surface area contributed by atoms with E-state index < -0.39 is 0 Å². The van der Waals surface area contributed by atoms with Gasteiger partial charge >= 0.3 is 0 Å². The zero-order valence-corrected chi connectivity index (χ0v) is 10.8. The molecule has 0 spiro atoms. The van der Waals surface area contributed by atoms with Gasteiger partial charge in [-0.15, -0.1) is 0 Å². The van der Waals surface area contributed by atoms with Crippen LogP contribution in [-0.4, -0.2) is 6.04 Å². The summed E-state index contributed by atoms with van der Waals surface area (Å²) in [5.74, 6) is 7.28. The molecule has 0 aromatic heterocycles. The van der Waals surface area contributed by atoms with Crippen LogP contribution in [0.1, 0.15) is 18.9 Å². The molecule has 1 fully saturated rings. The van der Waals surface area contributed by atoms with Gasteiger partial charge in [0, 0.05) is 6.04 Å². The number of fused-ring (bicyclic) bond motifs is 1. The lowest BCUT2D eigenvalue weighted by molar-refractivity contribution is 0.455. The molecule has 0 amide bonds. The van der Waals surface area contributed by atoms with Gasteiger partial charge in [-0.25, -0.2) is 0 Å². The molecule has 3 unspecified atom stereocenters. The van der Waals surface area contributed by atoms with Gasteiger partial charge < -0.3 is 0 Å². The SMILES string of the molecule is CC1CC1C(Cc1cccc2ccccc12)NN. The Hall–Kier alpha value is -1.38. The molecule has 0 radical (unpaired) electrons. The second-order valence-electron chi connectivity index (χ2n) is 5.49. The van der Waals surface area contributed by atoms with E-state index in [-0.39, 0.29) is 0 Å². The molecule has 94 valence electrons. The molecule has 2 nitrogen and oxygen atoms in total. The van der Waals surface area contributed by atoms with E-state index in [2.05, 4.69) is 54.8 Å². The highest BCUT2D eigenvalue weighted by atomic mass is 15.2. The third-order valence-electron chi connectivity index (χ3n) is 4.22. The van der Waals surface area contributed by atoms with E-state index in [1.54, 1.807) is 0 Å². The average Bonchev–Trinajstić information content (AvgIpc) is 3.13. The van der Waals surface area contributed by atoms with E-state index in [4.69, 9.17) is 5.84 Å². The second-order valence-corrected chi connectivity index (χ2v) is 5.49. The summed E-state index contributed by atoms with van der Waals surface area (Å²) in [6, 6.07) is 15.5. The van der Waals surface area contributed by atoms with Gasteiger partial charge in [0.2, 0.25) is 0 Å². The Morgan fingerprint density at radius 1 is 1.22 bits per heavy atom. The predicted molar refractivity (Wildman–Crippen MR) is 76.0 cm³/mol. The van der Waals surface area contributed by atoms with Gasteiger partial charge in [-0.3, -0.25) is 11.3 Å². The second kappa shape index (κ2) is 4.71. The highest BCUT2D eigenvalue weighted by Crippen LogP contribution is 2.41. The van der Waals surface area contributed by atoms with Crippen LogP contribution >= 0.6 is 0 Å². The summed E-state index contributed by atoms with van der Waals surface area (Å²) in [5.41, 5.74) is 4.41. The fourth-order valence-electron chi connectivity index (χ4n) is 2.95. The van der Waals surface area contributed by atoms with Crippen molar-refractivity contribution in [2.24, 2.45) is 17.7 Å². The molecule has 3 atom stereocenters. The van der Waals surface area contributed by atoms with Crippen LogP contribution in [0.2, 0.25) is 0 Å².